The molecule has 0 aliphatic heterocycles. The van der Waals surface area contributed by atoms with Crippen molar-refractivity contribution in [2.75, 3.05) is 7.05 Å². The van der Waals surface area contributed by atoms with Gasteiger partial charge in [0.1, 0.15) is 0 Å². The molecule has 1 amide bonds. The Kier molecular flexibility index (Phi) is 3.98. The fourth-order valence-corrected chi connectivity index (χ4v) is 3.07. The predicted molar refractivity (Wildman–Crippen MR) is 85.8 cm³/mol. The third kappa shape index (κ3) is 2.88. The summed E-state index contributed by atoms with van der Waals surface area (Å²) in [5.41, 5.74) is 1.03. The standard InChI is InChI=1S/C15H12N4O3S/c1-16-14(20)10-5-6-13(12(8-10)19(21)22)23-15-17-9-11-4-2-3-7-18(11)15/h2-9H,1H3,(H,16,20). The Bertz CT molecular complexity index is 907. The van der Waals surface area contributed by atoms with Crippen molar-refractivity contribution in [2.45, 2.75) is 10.1 Å². The normalized spacial score (nSPS) is 10.7. The van der Waals surface area contributed by atoms with Gasteiger partial charge in [-0.2, -0.15) is 0 Å². The topological polar surface area (TPSA) is 89.5 Å². The largest absolute Gasteiger partial charge is 0.355 e. The van der Waals surface area contributed by atoms with Crippen LogP contribution in [0.1, 0.15) is 10.4 Å². The lowest BCUT2D eigenvalue weighted by Gasteiger charge is -2.05. The number of hydrogen-bond donors (Lipinski definition) is 1. The number of fused-ring (bicyclic) bond motifs is 1. The maximum Gasteiger partial charge on any atom is 0.284 e. The first-order valence-electron chi connectivity index (χ1n) is 6.70. The number of benzene rings is 1. The van der Waals surface area contributed by atoms with Crippen molar-refractivity contribution in [3.8, 4) is 0 Å². The van der Waals surface area contributed by atoms with Crippen molar-refractivity contribution in [1.82, 2.24) is 14.7 Å². The molecule has 1 N–H and O–H groups in total. The second-order valence-electron chi connectivity index (χ2n) is 4.66. The van der Waals surface area contributed by atoms with Crippen molar-refractivity contribution in [1.29, 1.82) is 0 Å². The zero-order valence-electron chi connectivity index (χ0n) is 12.1. The van der Waals surface area contributed by atoms with Crippen LogP contribution in [0.2, 0.25) is 0 Å². The molecule has 3 aromatic rings. The Morgan fingerprint density at radius 2 is 2.17 bits per heavy atom. The van der Waals surface area contributed by atoms with E-state index in [9.17, 15) is 14.9 Å². The summed E-state index contributed by atoms with van der Waals surface area (Å²) >= 11 is 1.19. The molecule has 3 rings (SSSR count). The number of nitrogens with zero attached hydrogens (tertiary/aromatic N) is 3. The van der Waals surface area contributed by atoms with E-state index in [0.29, 0.717) is 10.1 Å². The maximum atomic E-state index is 11.6. The van der Waals surface area contributed by atoms with Crippen molar-refractivity contribution >= 4 is 28.9 Å². The number of carbonyl (C=O) groups excluding carboxylic acids is 1. The summed E-state index contributed by atoms with van der Waals surface area (Å²) in [6, 6.07) is 10.1. The van der Waals surface area contributed by atoms with Crippen LogP contribution in [0.4, 0.5) is 5.69 Å². The van der Waals surface area contributed by atoms with E-state index in [-0.39, 0.29) is 17.2 Å². The Labute approximate surface area is 135 Å². The van der Waals surface area contributed by atoms with Crippen LogP contribution in [0, 0.1) is 10.1 Å². The molecular weight excluding hydrogens is 316 g/mol. The van der Waals surface area contributed by atoms with E-state index in [1.165, 1.54) is 24.9 Å². The SMILES string of the molecule is CNC(=O)c1ccc(Sc2ncc3ccccn23)c([N+](=O)[O-])c1. The third-order valence-corrected chi connectivity index (χ3v) is 4.30. The quantitative estimate of drug-likeness (QED) is 0.587. The van der Waals surface area contributed by atoms with Gasteiger partial charge in [-0.25, -0.2) is 4.98 Å². The number of nitro benzene ring substituents is 1. The summed E-state index contributed by atoms with van der Waals surface area (Å²) in [6.45, 7) is 0. The van der Waals surface area contributed by atoms with Crippen LogP contribution >= 0.6 is 11.8 Å². The highest BCUT2D eigenvalue weighted by molar-refractivity contribution is 7.99. The molecule has 0 aliphatic rings. The number of nitro groups is 1. The first kappa shape index (κ1) is 15.0. The van der Waals surface area contributed by atoms with E-state index in [1.807, 2.05) is 28.8 Å². The van der Waals surface area contributed by atoms with Gasteiger partial charge in [0.05, 0.1) is 21.5 Å². The summed E-state index contributed by atoms with van der Waals surface area (Å²) < 4.78 is 1.85. The molecular formula is C15H12N4O3S. The molecule has 0 radical (unpaired) electrons. The van der Waals surface area contributed by atoms with Crippen LogP contribution in [-0.2, 0) is 0 Å². The Balaban J connectivity index is 2.02. The van der Waals surface area contributed by atoms with Crippen molar-refractivity contribution < 1.29 is 9.72 Å². The lowest BCUT2D eigenvalue weighted by Crippen LogP contribution is -2.17. The third-order valence-electron chi connectivity index (χ3n) is 3.25. The number of imidazole rings is 1. The molecule has 0 unspecified atom stereocenters. The van der Waals surface area contributed by atoms with E-state index in [2.05, 4.69) is 10.3 Å². The van der Waals surface area contributed by atoms with E-state index in [0.717, 1.165) is 5.52 Å². The maximum absolute atomic E-state index is 11.6. The van der Waals surface area contributed by atoms with Crippen molar-refractivity contribution in [3.05, 3.63) is 64.5 Å². The zero-order chi connectivity index (χ0) is 16.4. The van der Waals surface area contributed by atoms with Gasteiger partial charge in [0, 0.05) is 24.9 Å². The second kappa shape index (κ2) is 6.09. The summed E-state index contributed by atoms with van der Waals surface area (Å²) in [5.74, 6) is -0.365. The number of aromatic nitrogens is 2. The van der Waals surface area contributed by atoms with Gasteiger partial charge >= 0.3 is 0 Å². The molecule has 0 atom stereocenters. The molecule has 116 valence electrons. The monoisotopic (exact) mass is 328 g/mol. The second-order valence-corrected chi connectivity index (χ2v) is 5.67. The number of rotatable bonds is 4. The molecule has 23 heavy (non-hydrogen) atoms. The summed E-state index contributed by atoms with van der Waals surface area (Å²) in [6.07, 6.45) is 3.54. The molecule has 2 heterocycles. The van der Waals surface area contributed by atoms with Crippen LogP contribution in [0.5, 0.6) is 0 Å². The molecule has 0 spiro atoms. The van der Waals surface area contributed by atoms with Crippen LogP contribution in [0.25, 0.3) is 5.52 Å². The molecule has 8 heteroatoms. The Hall–Kier alpha value is -2.87. The van der Waals surface area contributed by atoms with E-state index >= 15 is 0 Å². The number of pyridine rings is 1. The average molecular weight is 328 g/mol. The van der Waals surface area contributed by atoms with Crippen LogP contribution in [0.15, 0.2) is 58.8 Å². The van der Waals surface area contributed by atoms with E-state index in [1.54, 1.807) is 18.3 Å². The van der Waals surface area contributed by atoms with Gasteiger partial charge in [0.2, 0.25) is 0 Å². The fourth-order valence-electron chi connectivity index (χ4n) is 2.13. The van der Waals surface area contributed by atoms with Gasteiger partial charge in [-0.15, -0.1) is 0 Å². The van der Waals surface area contributed by atoms with Crippen LogP contribution in [0.3, 0.4) is 0 Å². The smallest absolute Gasteiger partial charge is 0.284 e. The molecule has 0 aliphatic carbocycles. The summed E-state index contributed by atoms with van der Waals surface area (Å²) in [5, 5.41) is 14.4. The lowest BCUT2D eigenvalue weighted by atomic mass is 10.2. The molecule has 0 saturated heterocycles. The minimum Gasteiger partial charge on any atom is -0.355 e. The van der Waals surface area contributed by atoms with Crippen LogP contribution < -0.4 is 5.32 Å². The predicted octanol–water partition coefficient (Wildman–Crippen LogP) is 2.75. The van der Waals surface area contributed by atoms with Gasteiger partial charge in [-0.1, -0.05) is 6.07 Å². The first-order valence-corrected chi connectivity index (χ1v) is 7.52. The number of carbonyl (C=O) groups is 1. The molecule has 1 aromatic carbocycles. The van der Waals surface area contributed by atoms with Gasteiger partial charge in [0.15, 0.2) is 5.16 Å². The van der Waals surface area contributed by atoms with Crippen molar-refractivity contribution in [3.63, 3.8) is 0 Å². The number of hydrogen-bond acceptors (Lipinski definition) is 5. The summed E-state index contributed by atoms with van der Waals surface area (Å²) in [4.78, 5) is 27.2. The van der Waals surface area contributed by atoms with Gasteiger partial charge in [-0.3, -0.25) is 19.3 Å². The van der Waals surface area contributed by atoms with Gasteiger partial charge < -0.3 is 5.32 Å². The Morgan fingerprint density at radius 1 is 1.35 bits per heavy atom. The van der Waals surface area contributed by atoms with Gasteiger partial charge in [-0.05, 0) is 36.0 Å². The van der Waals surface area contributed by atoms with Crippen molar-refractivity contribution in [2.24, 2.45) is 0 Å². The molecule has 0 saturated carbocycles. The Morgan fingerprint density at radius 3 is 2.91 bits per heavy atom. The lowest BCUT2D eigenvalue weighted by molar-refractivity contribution is -0.387. The van der Waals surface area contributed by atoms with Crippen LogP contribution in [-0.4, -0.2) is 27.3 Å². The minimum atomic E-state index is -0.495. The minimum absolute atomic E-state index is 0.121. The van der Waals surface area contributed by atoms with E-state index in [4.69, 9.17) is 0 Å². The molecule has 0 fully saturated rings. The van der Waals surface area contributed by atoms with Gasteiger partial charge in [0.25, 0.3) is 11.6 Å². The fraction of sp³-hybridized carbons (Fsp3) is 0.0667. The molecule has 2 aromatic heterocycles. The zero-order valence-corrected chi connectivity index (χ0v) is 12.9. The highest BCUT2D eigenvalue weighted by Gasteiger charge is 2.19. The number of amides is 1. The highest BCUT2D eigenvalue weighted by atomic mass is 32.2. The molecule has 7 nitrogen and oxygen atoms in total. The average Bonchev–Trinajstić information content (AvgIpc) is 2.97. The highest BCUT2D eigenvalue weighted by Crippen LogP contribution is 2.35. The number of nitrogens with one attached hydrogen (secondary N) is 1. The first-order chi connectivity index (χ1) is 11.1. The summed E-state index contributed by atoms with van der Waals surface area (Å²) in [7, 11) is 1.48. The molecule has 0 bridgehead atoms. The van der Waals surface area contributed by atoms with E-state index < -0.39 is 4.92 Å².